The molecule has 5 nitrogen and oxygen atoms in total. The summed E-state index contributed by atoms with van der Waals surface area (Å²) in [4.78, 5) is 11.6. The van der Waals surface area contributed by atoms with E-state index in [1.807, 2.05) is 25.5 Å². The van der Waals surface area contributed by atoms with Crippen LogP contribution >= 0.6 is 0 Å². The van der Waals surface area contributed by atoms with Crippen LogP contribution in [0.1, 0.15) is 30.8 Å². The molecule has 0 radical (unpaired) electrons. The van der Waals surface area contributed by atoms with Crippen LogP contribution in [0.25, 0.3) is 0 Å². The lowest BCUT2D eigenvalue weighted by molar-refractivity contribution is 0.315. The molecule has 5 heteroatoms. The van der Waals surface area contributed by atoms with E-state index in [1.165, 1.54) is 0 Å². The molecular formula is C13H18N4O. The summed E-state index contributed by atoms with van der Waals surface area (Å²) in [6, 6.07) is 1.99. The smallest absolute Gasteiger partial charge is 0.137 e. The molecule has 18 heavy (non-hydrogen) atoms. The number of hydrogen-bond donors (Lipinski definition) is 2. The molecule has 0 amide bonds. The van der Waals surface area contributed by atoms with Crippen molar-refractivity contribution >= 4 is 0 Å². The number of aromatic amines is 1. The minimum atomic E-state index is -0.00215. The summed E-state index contributed by atoms with van der Waals surface area (Å²) in [6.07, 6.45) is 8.09. The zero-order chi connectivity index (χ0) is 12.8. The Labute approximate surface area is 107 Å². The van der Waals surface area contributed by atoms with Crippen molar-refractivity contribution in [1.82, 2.24) is 20.3 Å². The van der Waals surface area contributed by atoms with Gasteiger partial charge in [0, 0.05) is 18.6 Å². The lowest BCUT2D eigenvalue weighted by atomic mass is 10.1. The average molecular weight is 246 g/mol. The second kappa shape index (κ2) is 6.16. The second-order valence-corrected chi connectivity index (χ2v) is 4.00. The molecular weight excluding hydrogens is 228 g/mol. The van der Waals surface area contributed by atoms with Gasteiger partial charge in [0.05, 0.1) is 18.8 Å². The third kappa shape index (κ3) is 2.87. The van der Waals surface area contributed by atoms with Gasteiger partial charge in [-0.05, 0) is 25.1 Å². The highest BCUT2D eigenvalue weighted by atomic mass is 16.5. The number of ether oxygens (including phenoxy) is 1. The van der Waals surface area contributed by atoms with Crippen molar-refractivity contribution in [3.8, 4) is 5.75 Å². The van der Waals surface area contributed by atoms with E-state index < -0.39 is 0 Å². The summed E-state index contributed by atoms with van der Waals surface area (Å²) < 4.78 is 5.59. The van der Waals surface area contributed by atoms with Crippen molar-refractivity contribution in [1.29, 1.82) is 0 Å². The fourth-order valence-electron chi connectivity index (χ4n) is 1.79. The number of nitrogens with one attached hydrogen (secondary N) is 2. The minimum Gasteiger partial charge on any atom is -0.492 e. The Hall–Kier alpha value is -1.88. The Balaban J connectivity index is 2.20. The number of imidazole rings is 1. The van der Waals surface area contributed by atoms with E-state index in [0.717, 1.165) is 23.6 Å². The van der Waals surface area contributed by atoms with E-state index in [4.69, 9.17) is 4.74 Å². The predicted molar refractivity (Wildman–Crippen MR) is 69.5 cm³/mol. The fourth-order valence-corrected chi connectivity index (χ4v) is 1.79. The zero-order valence-corrected chi connectivity index (χ0v) is 10.7. The molecule has 1 atom stereocenters. The summed E-state index contributed by atoms with van der Waals surface area (Å²) in [7, 11) is 1.90. The van der Waals surface area contributed by atoms with Gasteiger partial charge in [-0.3, -0.25) is 4.98 Å². The van der Waals surface area contributed by atoms with Crippen molar-refractivity contribution in [2.24, 2.45) is 0 Å². The second-order valence-electron chi connectivity index (χ2n) is 4.00. The molecule has 2 N–H and O–H groups in total. The number of aromatic nitrogens is 3. The summed E-state index contributed by atoms with van der Waals surface area (Å²) in [5.41, 5.74) is 1.03. The fraction of sp³-hybridized carbons (Fsp3) is 0.385. The van der Waals surface area contributed by atoms with Crippen molar-refractivity contribution in [3.05, 3.63) is 42.2 Å². The molecule has 1 unspecified atom stereocenters. The van der Waals surface area contributed by atoms with Crippen molar-refractivity contribution < 1.29 is 4.74 Å². The number of pyridine rings is 1. The van der Waals surface area contributed by atoms with Crippen LogP contribution in [-0.2, 0) is 0 Å². The molecule has 0 spiro atoms. The lowest BCUT2D eigenvalue weighted by Gasteiger charge is -2.14. The molecule has 2 aromatic rings. The number of H-pyrrole nitrogens is 1. The monoisotopic (exact) mass is 246 g/mol. The van der Waals surface area contributed by atoms with E-state index in [9.17, 15) is 0 Å². The summed E-state index contributed by atoms with van der Waals surface area (Å²) >= 11 is 0. The van der Waals surface area contributed by atoms with Crippen LogP contribution in [0.2, 0.25) is 0 Å². The van der Waals surface area contributed by atoms with Gasteiger partial charge < -0.3 is 15.0 Å². The normalized spacial score (nSPS) is 12.3. The molecule has 0 bridgehead atoms. The Kier molecular flexibility index (Phi) is 4.30. The first-order chi connectivity index (χ1) is 8.85. The van der Waals surface area contributed by atoms with Crippen LogP contribution in [-0.4, -0.2) is 28.6 Å². The van der Waals surface area contributed by atoms with Crippen LogP contribution in [0.15, 0.2) is 30.9 Å². The van der Waals surface area contributed by atoms with Gasteiger partial charge in [-0.15, -0.1) is 0 Å². The van der Waals surface area contributed by atoms with Gasteiger partial charge in [-0.1, -0.05) is 6.92 Å². The van der Waals surface area contributed by atoms with E-state index >= 15 is 0 Å². The number of hydrogen-bond acceptors (Lipinski definition) is 4. The first kappa shape index (κ1) is 12.6. The molecule has 0 fully saturated rings. The molecule has 0 saturated carbocycles. The SMILES string of the molecule is CCCOc1cncc(C(NC)c2ncc[nH]2)c1. The van der Waals surface area contributed by atoms with Crippen LogP contribution in [0.5, 0.6) is 5.75 Å². The summed E-state index contributed by atoms with van der Waals surface area (Å²) in [5.74, 6) is 1.66. The van der Waals surface area contributed by atoms with Gasteiger partial charge in [0.1, 0.15) is 11.6 Å². The molecule has 2 rings (SSSR count). The number of rotatable bonds is 6. The summed E-state index contributed by atoms with van der Waals surface area (Å²) in [6.45, 7) is 2.78. The Morgan fingerprint density at radius 3 is 3.00 bits per heavy atom. The third-order valence-electron chi connectivity index (χ3n) is 2.62. The quantitative estimate of drug-likeness (QED) is 0.817. The molecule has 96 valence electrons. The highest BCUT2D eigenvalue weighted by Gasteiger charge is 2.15. The maximum Gasteiger partial charge on any atom is 0.137 e. The van der Waals surface area contributed by atoms with Gasteiger partial charge in [0.25, 0.3) is 0 Å². The standard InChI is InChI=1S/C13H18N4O/c1-3-6-18-11-7-10(8-15-9-11)12(14-2)13-16-4-5-17-13/h4-5,7-9,12,14H,3,6H2,1-2H3,(H,16,17). The van der Waals surface area contributed by atoms with Gasteiger partial charge in [-0.2, -0.15) is 0 Å². The van der Waals surface area contributed by atoms with Crippen LogP contribution in [0.3, 0.4) is 0 Å². The topological polar surface area (TPSA) is 62.8 Å². The number of nitrogens with zero attached hydrogens (tertiary/aromatic N) is 2. The predicted octanol–water partition coefficient (Wildman–Crippen LogP) is 1.90. The first-order valence-corrected chi connectivity index (χ1v) is 6.09. The van der Waals surface area contributed by atoms with Gasteiger partial charge >= 0.3 is 0 Å². The van der Waals surface area contributed by atoms with Gasteiger partial charge in [0.2, 0.25) is 0 Å². The average Bonchev–Trinajstić information content (AvgIpc) is 2.92. The van der Waals surface area contributed by atoms with E-state index in [1.54, 1.807) is 12.4 Å². The Morgan fingerprint density at radius 2 is 2.33 bits per heavy atom. The molecule has 0 aromatic carbocycles. The first-order valence-electron chi connectivity index (χ1n) is 6.09. The molecule has 0 aliphatic heterocycles. The van der Waals surface area contributed by atoms with E-state index in [-0.39, 0.29) is 6.04 Å². The van der Waals surface area contributed by atoms with Gasteiger partial charge in [0.15, 0.2) is 0 Å². The van der Waals surface area contributed by atoms with Crippen LogP contribution in [0.4, 0.5) is 0 Å². The van der Waals surface area contributed by atoms with Crippen molar-refractivity contribution in [2.75, 3.05) is 13.7 Å². The highest BCUT2D eigenvalue weighted by Crippen LogP contribution is 2.21. The largest absolute Gasteiger partial charge is 0.492 e. The van der Waals surface area contributed by atoms with Crippen molar-refractivity contribution in [2.45, 2.75) is 19.4 Å². The minimum absolute atomic E-state index is 0.00215. The maximum absolute atomic E-state index is 5.59. The Bertz CT molecular complexity index is 470. The lowest BCUT2D eigenvalue weighted by Crippen LogP contribution is -2.19. The van der Waals surface area contributed by atoms with E-state index in [2.05, 4.69) is 27.2 Å². The molecule has 0 saturated heterocycles. The van der Waals surface area contributed by atoms with Gasteiger partial charge in [-0.25, -0.2) is 4.98 Å². The maximum atomic E-state index is 5.59. The van der Waals surface area contributed by atoms with Crippen LogP contribution in [0, 0.1) is 0 Å². The zero-order valence-electron chi connectivity index (χ0n) is 10.7. The molecule has 2 heterocycles. The Morgan fingerprint density at radius 1 is 1.44 bits per heavy atom. The molecule has 0 aliphatic rings. The van der Waals surface area contributed by atoms with Crippen molar-refractivity contribution in [3.63, 3.8) is 0 Å². The molecule has 2 aromatic heterocycles. The third-order valence-corrected chi connectivity index (χ3v) is 2.62. The molecule has 0 aliphatic carbocycles. The van der Waals surface area contributed by atoms with E-state index in [0.29, 0.717) is 6.61 Å². The van der Waals surface area contributed by atoms with Crippen LogP contribution < -0.4 is 10.1 Å². The summed E-state index contributed by atoms with van der Waals surface area (Å²) in [5, 5.41) is 3.21. The highest BCUT2D eigenvalue weighted by molar-refractivity contribution is 5.29.